The molecule has 6 fully saturated rings. The molecule has 15 heteroatoms. The number of ether oxygens (including phenoxy) is 1. The number of phenolic OH excluding ortho intramolecular Hbond substituents is 1. The van der Waals surface area contributed by atoms with Gasteiger partial charge in [0, 0.05) is 107 Å². The summed E-state index contributed by atoms with van der Waals surface area (Å²) in [4.78, 5) is 63.9. The lowest BCUT2D eigenvalue weighted by Crippen LogP contribution is -2.62. The number of carbonyl (C=O) groups is 4. The number of hydrogen-bond donors (Lipinski definition) is 2. The van der Waals surface area contributed by atoms with Crippen molar-refractivity contribution in [2.75, 3.05) is 87.3 Å². The number of nitrogens with one attached hydrogen (secondary N) is 1. The van der Waals surface area contributed by atoms with Crippen molar-refractivity contribution in [3.8, 4) is 11.5 Å². The smallest absolute Gasteiger partial charge is 0.255 e. The summed E-state index contributed by atoms with van der Waals surface area (Å²) < 4.78 is 36.6. The molecule has 1 saturated carbocycles. The third kappa shape index (κ3) is 7.75. The van der Waals surface area contributed by atoms with E-state index in [-0.39, 0.29) is 47.3 Å². The van der Waals surface area contributed by atoms with Gasteiger partial charge in [0.2, 0.25) is 17.7 Å². The van der Waals surface area contributed by atoms with E-state index in [9.17, 15) is 28.7 Å². The normalized spacial score (nSPS) is 24.7. The van der Waals surface area contributed by atoms with E-state index < -0.39 is 23.3 Å². The van der Waals surface area contributed by atoms with Gasteiger partial charge in [-0.15, -0.1) is 0 Å². The second-order valence-corrected chi connectivity index (χ2v) is 19.3. The number of anilines is 3. The number of amides is 4. The molecule has 2 atom stereocenters. The van der Waals surface area contributed by atoms with Crippen LogP contribution in [0.15, 0.2) is 48.5 Å². The third-order valence-electron chi connectivity index (χ3n) is 15.7. The average molecular weight is 880 g/mol. The van der Waals surface area contributed by atoms with E-state index in [1.54, 1.807) is 18.1 Å². The van der Waals surface area contributed by atoms with E-state index in [2.05, 4.69) is 31.0 Å². The van der Waals surface area contributed by atoms with Gasteiger partial charge >= 0.3 is 0 Å². The third-order valence-corrected chi connectivity index (χ3v) is 15.7. The Hall–Kier alpha value is -5.28. The minimum atomic E-state index is -0.731. The minimum absolute atomic E-state index is 0.0949. The molecular formula is C49H59F2N7O6. The molecular weight excluding hydrogens is 821 g/mol. The highest BCUT2D eigenvalue weighted by Crippen LogP contribution is 2.62. The lowest BCUT2D eigenvalue weighted by Gasteiger charge is -2.55. The number of piperazine rings is 1. The highest BCUT2D eigenvalue weighted by Gasteiger charge is 2.63. The van der Waals surface area contributed by atoms with Gasteiger partial charge in [0.25, 0.3) is 5.91 Å². The molecule has 6 heterocycles. The fourth-order valence-electron chi connectivity index (χ4n) is 12.1. The minimum Gasteiger partial charge on any atom is -0.506 e. The Bertz CT molecular complexity index is 2320. The first-order chi connectivity index (χ1) is 31.0. The van der Waals surface area contributed by atoms with Crippen LogP contribution in [0.25, 0.3) is 0 Å². The second kappa shape index (κ2) is 17.3. The molecule has 4 amide bonds. The highest BCUT2D eigenvalue weighted by molar-refractivity contribution is 6.08. The fraction of sp³-hybridized carbons (Fsp3) is 0.551. The molecule has 0 bridgehead atoms. The SMILES string of the molecule is COc1cc(N2CCC(CN3CCN(CC4CCN(c5ccc6c(c5)CN(C5CCC(=O)NC5=O)C6=O)CC4)CC3)CC2)c(F)cc1[C@@H]1N(c2cc(F)ccc2O)C(=O)C12CCCC2. The molecule has 7 aliphatic rings. The average Bonchev–Trinajstić information content (AvgIpc) is 3.94. The van der Waals surface area contributed by atoms with Gasteiger partial charge in [-0.2, -0.15) is 0 Å². The summed E-state index contributed by atoms with van der Waals surface area (Å²) in [6.45, 7) is 10.2. The number of β-lactam (4-membered cyclic amide) rings is 1. The number of benzene rings is 3. The number of carbonyl (C=O) groups excluding carboxylic acids is 4. The summed E-state index contributed by atoms with van der Waals surface area (Å²) in [5, 5.41) is 13.1. The van der Waals surface area contributed by atoms with Gasteiger partial charge in [0.15, 0.2) is 0 Å². The van der Waals surface area contributed by atoms with Crippen LogP contribution in [-0.4, -0.2) is 122 Å². The molecule has 0 radical (unpaired) electrons. The van der Waals surface area contributed by atoms with Crippen LogP contribution >= 0.6 is 0 Å². The largest absolute Gasteiger partial charge is 0.506 e. The first kappa shape index (κ1) is 42.7. The Morgan fingerprint density at radius 2 is 1.42 bits per heavy atom. The van der Waals surface area contributed by atoms with Crippen LogP contribution in [-0.2, 0) is 20.9 Å². The molecule has 3 aromatic carbocycles. The molecule has 2 N–H and O–H groups in total. The maximum atomic E-state index is 16.3. The van der Waals surface area contributed by atoms with E-state index in [4.69, 9.17) is 4.74 Å². The zero-order valence-corrected chi connectivity index (χ0v) is 36.7. The number of methoxy groups -OCH3 is 1. The summed E-state index contributed by atoms with van der Waals surface area (Å²) in [5.74, 6) is -0.431. The van der Waals surface area contributed by atoms with E-state index in [1.165, 1.54) is 23.1 Å². The number of rotatable bonds is 10. The fourth-order valence-corrected chi connectivity index (χ4v) is 12.1. The molecule has 1 aliphatic carbocycles. The number of fused-ring (bicyclic) bond motifs is 1. The van der Waals surface area contributed by atoms with E-state index >= 15 is 4.39 Å². The monoisotopic (exact) mass is 879 g/mol. The molecule has 5 saturated heterocycles. The van der Waals surface area contributed by atoms with Crippen LogP contribution < -0.4 is 24.8 Å². The number of nitrogens with zero attached hydrogens (tertiary/aromatic N) is 6. The number of piperidine rings is 3. The van der Waals surface area contributed by atoms with Crippen LogP contribution in [0.4, 0.5) is 25.8 Å². The number of imide groups is 1. The second-order valence-electron chi connectivity index (χ2n) is 19.3. The molecule has 6 aliphatic heterocycles. The maximum absolute atomic E-state index is 16.3. The molecule has 0 aromatic heterocycles. The lowest BCUT2D eigenvalue weighted by atomic mass is 9.66. The summed E-state index contributed by atoms with van der Waals surface area (Å²) in [5.41, 5.74) is 3.11. The molecule has 340 valence electrons. The standard InChI is InChI=1S/C49H59F2N7O6/c1-64-43-27-40(38(51)26-37(43)45-49(14-2-3-15-49)48(63)58(45)41-25-34(50)4-8-42(41)59)56-18-12-32(13-19-56)29-54-22-20-53(21-23-54)28-31-10-16-55(17-11-31)35-5-6-36-33(24-35)30-57(47(36)62)39-7-9-44(60)52-46(39)61/h4-6,8,24-27,31-32,39,45,59H,2-3,7,9-23,28-30H2,1H3,(H,52,60,61)/t39?,45-/m0/s1. The van der Waals surface area contributed by atoms with Gasteiger partial charge in [0.1, 0.15) is 29.2 Å². The number of aromatic hydroxyl groups is 1. The van der Waals surface area contributed by atoms with Crippen LogP contribution in [0.1, 0.15) is 91.7 Å². The Kier molecular flexibility index (Phi) is 11.5. The Morgan fingerprint density at radius 1 is 0.766 bits per heavy atom. The van der Waals surface area contributed by atoms with Crippen LogP contribution in [0, 0.1) is 28.9 Å². The summed E-state index contributed by atoms with van der Waals surface area (Å²) in [7, 11) is 1.56. The van der Waals surface area contributed by atoms with Gasteiger partial charge in [-0.3, -0.25) is 29.4 Å². The zero-order chi connectivity index (χ0) is 44.3. The van der Waals surface area contributed by atoms with Gasteiger partial charge in [-0.05, 0) is 98.7 Å². The van der Waals surface area contributed by atoms with Gasteiger partial charge < -0.3 is 34.3 Å². The van der Waals surface area contributed by atoms with Crippen molar-refractivity contribution >= 4 is 40.7 Å². The van der Waals surface area contributed by atoms with Crippen molar-refractivity contribution < 1.29 is 37.8 Å². The van der Waals surface area contributed by atoms with E-state index in [1.807, 2.05) is 12.1 Å². The lowest BCUT2D eigenvalue weighted by molar-refractivity contribution is -0.140. The molecule has 13 nitrogen and oxygen atoms in total. The summed E-state index contributed by atoms with van der Waals surface area (Å²) in [6.07, 6.45) is 7.83. The van der Waals surface area contributed by atoms with E-state index in [0.29, 0.717) is 60.2 Å². The Labute approximate surface area is 373 Å². The molecule has 64 heavy (non-hydrogen) atoms. The predicted octanol–water partition coefficient (Wildman–Crippen LogP) is 5.84. The summed E-state index contributed by atoms with van der Waals surface area (Å²) in [6, 6.07) is 11.7. The van der Waals surface area contributed by atoms with Crippen molar-refractivity contribution in [3.05, 3.63) is 76.9 Å². The van der Waals surface area contributed by atoms with Crippen molar-refractivity contribution in [1.82, 2.24) is 20.0 Å². The van der Waals surface area contributed by atoms with Crippen LogP contribution in [0.5, 0.6) is 11.5 Å². The number of phenols is 1. The van der Waals surface area contributed by atoms with Crippen LogP contribution in [0.3, 0.4) is 0 Å². The van der Waals surface area contributed by atoms with Crippen LogP contribution in [0.2, 0.25) is 0 Å². The molecule has 1 spiro atoms. The van der Waals surface area contributed by atoms with Crippen molar-refractivity contribution in [1.29, 1.82) is 0 Å². The highest BCUT2D eigenvalue weighted by atomic mass is 19.1. The first-order valence-electron chi connectivity index (χ1n) is 23.4. The molecule has 10 rings (SSSR count). The van der Waals surface area contributed by atoms with Crippen molar-refractivity contribution in [2.24, 2.45) is 17.3 Å². The number of hydrogen-bond acceptors (Lipinski definition) is 10. The quantitative estimate of drug-likeness (QED) is 0.190. The molecule has 1 unspecified atom stereocenters. The summed E-state index contributed by atoms with van der Waals surface area (Å²) >= 11 is 0. The van der Waals surface area contributed by atoms with Crippen molar-refractivity contribution in [3.63, 3.8) is 0 Å². The Morgan fingerprint density at radius 3 is 2.06 bits per heavy atom. The van der Waals surface area contributed by atoms with E-state index in [0.717, 1.165) is 121 Å². The van der Waals surface area contributed by atoms with Gasteiger partial charge in [0.05, 0.1) is 29.9 Å². The number of halogens is 2. The van der Waals surface area contributed by atoms with Crippen molar-refractivity contribution in [2.45, 2.75) is 82.8 Å². The van der Waals surface area contributed by atoms with Gasteiger partial charge in [-0.1, -0.05) is 12.8 Å². The predicted molar refractivity (Wildman–Crippen MR) is 237 cm³/mol. The first-order valence-corrected chi connectivity index (χ1v) is 23.4. The molecule has 3 aromatic rings. The topological polar surface area (TPSA) is 129 Å². The zero-order valence-electron chi connectivity index (χ0n) is 36.7. The van der Waals surface area contributed by atoms with Gasteiger partial charge in [-0.25, -0.2) is 8.78 Å². The maximum Gasteiger partial charge on any atom is 0.255 e. The Balaban J connectivity index is 0.689.